The van der Waals surface area contributed by atoms with Crippen molar-refractivity contribution in [3.05, 3.63) is 169 Å². The van der Waals surface area contributed by atoms with Gasteiger partial charge in [-0.2, -0.15) is 0 Å². The first-order chi connectivity index (χ1) is 23.1. The van der Waals surface area contributed by atoms with E-state index in [9.17, 15) is 0 Å². The average molecular weight is 605 g/mol. The molecule has 1 aliphatic rings. The molecule has 3 nitrogen and oxygen atoms in total. The highest BCUT2D eigenvalue weighted by Crippen LogP contribution is 2.51. The number of rotatable bonds is 5. The molecule has 8 aromatic rings. The zero-order valence-electron chi connectivity index (χ0n) is 26.3. The molecule has 7 aromatic carbocycles. The molecule has 224 valence electrons. The Labute approximate surface area is 274 Å². The average Bonchev–Trinajstić information content (AvgIpc) is 3.66. The molecular weight excluding hydrogens is 572 g/mol. The maximum Gasteiger partial charge on any atom is 0.227 e. The van der Waals surface area contributed by atoms with E-state index < -0.39 is 0 Å². The van der Waals surface area contributed by atoms with Gasteiger partial charge in [-0.25, -0.2) is 4.98 Å². The monoisotopic (exact) mass is 604 g/mol. The molecule has 0 radical (unpaired) electrons. The second-order valence-electron chi connectivity index (χ2n) is 12.8. The van der Waals surface area contributed by atoms with Gasteiger partial charge in [-0.1, -0.05) is 129 Å². The Kier molecular flexibility index (Phi) is 6.16. The van der Waals surface area contributed by atoms with Crippen LogP contribution in [0.3, 0.4) is 0 Å². The van der Waals surface area contributed by atoms with E-state index in [-0.39, 0.29) is 5.41 Å². The number of fused-ring (bicyclic) bond motifs is 6. The van der Waals surface area contributed by atoms with E-state index in [1.54, 1.807) is 0 Å². The van der Waals surface area contributed by atoms with Crippen molar-refractivity contribution >= 4 is 38.9 Å². The highest BCUT2D eigenvalue weighted by Gasteiger charge is 2.35. The van der Waals surface area contributed by atoms with Crippen LogP contribution in [0.5, 0.6) is 0 Å². The molecular formula is C44H32N2O. The number of anilines is 3. The summed E-state index contributed by atoms with van der Waals surface area (Å²) in [6.45, 7) is 4.66. The van der Waals surface area contributed by atoms with Crippen LogP contribution in [-0.4, -0.2) is 4.98 Å². The SMILES string of the molecule is CC1(C)c2ccccc2-c2cc(N(c3cccc(-c4ccccc4)c3)c3cc4nc(-c5ccccc5)oc4c4ccccc34)ccc21. The van der Waals surface area contributed by atoms with Crippen molar-refractivity contribution in [2.75, 3.05) is 4.90 Å². The summed E-state index contributed by atoms with van der Waals surface area (Å²) in [5.74, 6) is 0.622. The van der Waals surface area contributed by atoms with Gasteiger partial charge in [-0.3, -0.25) is 0 Å². The van der Waals surface area contributed by atoms with Crippen LogP contribution in [0.25, 0.3) is 55.6 Å². The fourth-order valence-electron chi connectivity index (χ4n) is 7.35. The van der Waals surface area contributed by atoms with Crippen molar-refractivity contribution < 1.29 is 4.42 Å². The summed E-state index contributed by atoms with van der Waals surface area (Å²) < 4.78 is 6.48. The maximum atomic E-state index is 6.48. The van der Waals surface area contributed by atoms with E-state index in [0.29, 0.717) is 5.89 Å². The Morgan fingerprint density at radius 3 is 1.96 bits per heavy atom. The van der Waals surface area contributed by atoms with Crippen LogP contribution < -0.4 is 4.90 Å². The third-order valence-electron chi connectivity index (χ3n) is 9.67. The Balaban J connectivity index is 1.31. The Hall–Kier alpha value is -5.93. The van der Waals surface area contributed by atoms with Gasteiger partial charge < -0.3 is 9.32 Å². The number of hydrogen-bond acceptors (Lipinski definition) is 3. The molecule has 0 N–H and O–H groups in total. The Bertz CT molecular complexity index is 2440. The summed E-state index contributed by atoms with van der Waals surface area (Å²) in [7, 11) is 0. The summed E-state index contributed by atoms with van der Waals surface area (Å²) in [6.07, 6.45) is 0. The number of hydrogen-bond donors (Lipinski definition) is 0. The van der Waals surface area contributed by atoms with Gasteiger partial charge in [0.1, 0.15) is 5.52 Å². The van der Waals surface area contributed by atoms with Crippen LogP contribution in [0.15, 0.2) is 162 Å². The summed E-state index contributed by atoms with van der Waals surface area (Å²) in [4.78, 5) is 7.43. The first-order valence-corrected chi connectivity index (χ1v) is 16.1. The molecule has 0 aliphatic heterocycles. The van der Waals surface area contributed by atoms with Gasteiger partial charge >= 0.3 is 0 Å². The van der Waals surface area contributed by atoms with Crippen LogP contribution in [0, 0.1) is 0 Å². The van der Waals surface area contributed by atoms with Crippen molar-refractivity contribution in [1.82, 2.24) is 4.98 Å². The quantitative estimate of drug-likeness (QED) is 0.196. The van der Waals surface area contributed by atoms with Gasteiger partial charge in [-0.15, -0.1) is 0 Å². The zero-order valence-corrected chi connectivity index (χ0v) is 26.3. The third-order valence-corrected chi connectivity index (χ3v) is 9.67. The fourth-order valence-corrected chi connectivity index (χ4v) is 7.35. The van der Waals surface area contributed by atoms with Crippen molar-refractivity contribution in [3.63, 3.8) is 0 Å². The van der Waals surface area contributed by atoms with Gasteiger partial charge in [0.05, 0.1) is 5.69 Å². The van der Waals surface area contributed by atoms with E-state index in [1.807, 2.05) is 30.3 Å². The van der Waals surface area contributed by atoms with E-state index in [1.165, 1.54) is 33.4 Å². The molecule has 1 aromatic heterocycles. The molecule has 0 unspecified atom stereocenters. The lowest BCUT2D eigenvalue weighted by Gasteiger charge is -2.28. The molecule has 0 fully saturated rings. The first kappa shape index (κ1) is 27.4. The van der Waals surface area contributed by atoms with Gasteiger partial charge in [0.25, 0.3) is 0 Å². The third kappa shape index (κ3) is 4.39. The molecule has 0 bridgehead atoms. The zero-order chi connectivity index (χ0) is 31.5. The second kappa shape index (κ2) is 10.6. The fraction of sp³-hybridized carbons (Fsp3) is 0.0682. The number of aromatic nitrogens is 1. The molecule has 0 amide bonds. The largest absolute Gasteiger partial charge is 0.435 e. The molecule has 9 rings (SSSR count). The van der Waals surface area contributed by atoms with E-state index in [4.69, 9.17) is 9.40 Å². The highest BCUT2D eigenvalue weighted by atomic mass is 16.3. The lowest BCUT2D eigenvalue weighted by molar-refractivity contribution is 0.623. The summed E-state index contributed by atoms with van der Waals surface area (Å²) >= 11 is 0. The van der Waals surface area contributed by atoms with Crippen LogP contribution >= 0.6 is 0 Å². The van der Waals surface area contributed by atoms with Crippen molar-refractivity contribution in [1.29, 1.82) is 0 Å². The predicted molar refractivity (Wildman–Crippen MR) is 195 cm³/mol. The lowest BCUT2D eigenvalue weighted by Crippen LogP contribution is -2.15. The molecule has 0 saturated heterocycles. The first-order valence-electron chi connectivity index (χ1n) is 16.1. The standard InChI is InChI=1S/C44H32N2O/c1-44(2)38-23-12-11-20-34(38)37-27-33(24-25-39(37)44)46(32-19-13-18-31(26-32)29-14-5-3-6-15-29)41-28-40-42(36-22-10-9-21-35(36)41)47-43(45-40)30-16-7-4-8-17-30/h3-28H,1-2H3. The number of benzene rings is 7. The molecule has 0 atom stereocenters. The Morgan fingerprint density at radius 2 is 1.15 bits per heavy atom. The van der Waals surface area contributed by atoms with Gasteiger partial charge in [0, 0.05) is 33.1 Å². The minimum Gasteiger partial charge on any atom is -0.435 e. The second-order valence-corrected chi connectivity index (χ2v) is 12.8. The molecule has 1 heterocycles. The van der Waals surface area contributed by atoms with Crippen LogP contribution in [0.4, 0.5) is 17.1 Å². The summed E-state index contributed by atoms with van der Waals surface area (Å²) in [5.41, 5.74) is 13.4. The highest BCUT2D eigenvalue weighted by molar-refractivity contribution is 6.12. The molecule has 3 heteroatoms. The van der Waals surface area contributed by atoms with E-state index in [2.05, 4.69) is 146 Å². The van der Waals surface area contributed by atoms with E-state index >= 15 is 0 Å². The van der Waals surface area contributed by atoms with Crippen molar-refractivity contribution in [2.24, 2.45) is 0 Å². The van der Waals surface area contributed by atoms with Gasteiger partial charge in [0.2, 0.25) is 5.89 Å². The lowest BCUT2D eigenvalue weighted by atomic mass is 9.82. The molecule has 0 saturated carbocycles. The van der Waals surface area contributed by atoms with Crippen LogP contribution in [0.1, 0.15) is 25.0 Å². The molecule has 1 aliphatic carbocycles. The van der Waals surface area contributed by atoms with Crippen molar-refractivity contribution in [2.45, 2.75) is 19.3 Å². The van der Waals surface area contributed by atoms with Crippen LogP contribution in [-0.2, 0) is 5.41 Å². The number of nitrogens with zero attached hydrogens (tertiary/aromatic N) is 2. The normalized spacial score (nSPS) is 13.1. The van der Waals surface area contributed by atoms with Gasteiger partial charge in [0.15, 0.2) is 5.58 Å². The molecule has 47 heavy (non-hydrogen) atoms. The number of oxazole rings is 1. The smallest absolute Gasteiger partial charge is 0.227 e. The van der Waals surface area contributed by atoms with E-state index in [0.717, 1.165) is 44.5 Å². The summed E-state index contributed by atoms with van der Waals surface area (Å²) in [6, 6.07) is 56.0. The Morgan fingerprint density at radius 1 is 0.511 bits per heavy atom. The van der Waals surface area contributed by atoms with Crippen molar-refractivity contribution in [3.8, 4) is 33.7 Å². The topological polar surface area (TPSA) is 29.3 Å². The molecule has 0 spiro atoms. The maximum absolute atomic E-state index is 6.48. The van der Waals surface area contributed by atoms with Gasteiger partial charge in [-0.05, 0) is 75.8 Å². The minimum atomic E-state index is -0.0668. The predicted octanol–water partition coefficient (Wildman–Crippen LogP) is 12.1. The van der Waals surface area contributed by atoms with Crippen LogP contribution in [0.2, 0.25) is 0 Å². The summed E-state index contributed by atoms with van der Waals surface area (Å²) in [5, 5.41) is 2.13. The minimum absolute atomic E-state index is 0.0668.